The molecule has 1 N–H and O–H groups in total. The van der Waals surface area contributed by atoms with Gasteiger partial charge in [-0.3, -0.25) is 4.99 Å². The standard InChI is InChI=1S/C17H25NO/c1-5-7-11-18-17(6-2)16(12-19)15-10-8-9-13(3)14(15)4/h6,8-11,16,19H,5,7,12H2,1-4H3/b17-6-,18-11?. The van der Waals surface area contributed by atoms with Crippen molar-refractivity contribution in [1.82, 2.24) is 0 Å². The maximum atomic E-state index is 9.74. The van der Waals surface area contributed by atoms with Crippen LogP contribution in [0.4, 0.5) is 0 Å². The highest BCUT2D eigenvalue weighted by atomic mass is 16.3. The van der Waals surface area contributed by atoms with E-state index in [2.05, 4.69) is 37.9 Å². The van der Waals surface area contributed by atoms with E-state index in [-0.39, 0.29) is 12.5 Å². The number of unbranched alkanes of at least 4 members (excludes halogenated alkanes) is 1. The second-order valence-corrected chi connectivity index (χ2v) is 4.84. The average Bonchev–Trinajstić information content (AvgIpc) is 2.42. The molecular weight excluding hydrogens is 234 g/mol. The largest absolute Gasteiger partial charge is 0.395 e. The van der Waals surface area contributed by atoms with Crippen molar-refractivity contribution in [2.45, 2.75) is 46.5 Å². The molecule has 2 nitrogen and oxygen atoms in total. The van der Waals surface area contributed by atoms with Gasteiger partial charge >= 0.3 is 0 Å². The fourth-order valence-electron chi connectivity index (χ4n) is 2.17. The predicted octanol–water partition coefficient (Wildman–Crippen LogP) is 4.15. The van der Waals surface area contributed by atoms with Crippen LogP contribution in [0.5, 0.6) is 0 Å². The third kappa shape index (κ3) is 4.03. The normalized spacial score (nSPS) is 14.1. The van der Waals surface area contributed by atoms with E-state index >= 15 is 0 Å². The number of rotatable bonds is 6. The van der Waals surface area contributed by atoms with E-state index in [0.29, 0.717) is 0 Å². The van der Waals surface area contributed by atoms with Crippen LogP contribution >= 0.6 is 0 Å². The van der Waals surface area contributed by atoms with E-state index in [9.17, 15) is 5.11 Å². The van der Waals surface area contributed by atoms with Crippen LogP contribution in [0.3, 0.4) is 0 Å². The number of aryl methyl sites for hydroxylation is 1. The van der Waals surface area contributed by atoms with Crippen molar-refractivity contribution in [3.05, 3.63) is 46.7 Å². The van der Waals surface area contributed by atoms with Crippen LogP contribution in [-0.2, 0) is 0 Å². The van der Waals surface area contributed by atoms with Crippen LogP contribution in [0.1, 0.15) is 49.3 Å². The third-order valence-corrected chi connectivity index (χ3v) is 3.52. The van der Waals surface area contributed by atoms with Gasteiger partial charge in [0.2, 0.25) is 0 Å². The quantitative estimate of drug-likeness (QED) is 0.765. The summed E-state index contributed by atoms with van der Waals surface area (Å²) in [6.07, 6.45) is 6.01. The summed E-state index contributed by atoms with van der Waals surface area (Å²) in [5.74, 6) is -0.0296. The first-order chi connectivity index (χ1) is 9.15. The van der Waals surface area contributed by atoms with E-state index in [4.69, 9.17) is 0 Å². The predicted molar refractivity (Wildman–Crippen MR) is 82.9 cm³/mol. The number of aliphatic imine (C=N–C) groups is 1. The zero-order valence-corrected chi connectivity index (χ0v) is 12.5. The fraction of sp³-hybridized carbons (Fsp3) is 0.471. The number of nitrogens with zero attached hydrogens (tertiary/aromatic N) is 1. The summed E-state index contributed by atoms with van der Waals surface area (Å²) in [6, 6.07) is 6.23. The minimum Gasteiger partial charge on any atom is -0.395 e. The molecule has 104 valence electrons. The molecule has 0 fully saturated rings. The Bertz CT molecular complexity index is 460. The summed E-state index contributed by atoms with van der Waals surface area (Å²) in [4.78, 5) is 4.53. The Labute approximate surface area is 116 Å². The number of hydrogen-bond acceptors (Lipinski definition) is 2. The minimum atomic E-state index is -0.0296. The Hall–Kier alpha value is -1.41. The zero-order valence-electron chi connectivity index (χ0n) is 12.5. The van der Waals surface area contributed by atoms with Gasteiger partial charge in [-0.15, -0.1) is 0 Å². The third-order valence-electron chi connectivity index (χ3n) is 3.52. The van der Waals surface area contributed by atoms with Crippen molar-refractivity contribution in [3.63, 3.8) is 0 Å². The fourth-order valence-corrected chi connectivity index (χ4v) is 2.17. The molecule has 1 atom stereocenters. The van der Waals surface area contributed by atoms with E-state index in [1.165, 1.54) is 16.7 Å². The Morgan fingerprint density at radius 2 is 2.11 bits per heavy atom. The summed E-state index contributed by atoms with van der Waals surface area (Å²) >= 11 is 0. The van der Waals surface area contributed by atoms with Crippen molar-refractivity contribution in [1.29, 1.82) is 0 Å². The Balaban J connectivity index is 3.08. The van der Waals surface area contributed by atoms with E-state index in [0.717, 1.165) is 18.5 Å². The lowest BCUT2D eigenvalue weighted by Crippen LogP contribution is -2.09. The van der Waals surface area contributed by atoms with Crippen molar-refractivity contribution >= 4 is 6.21 Å². The van der Waals surface area contributed by atoms with Crippen LogP contribution in [0.2, 0.25) is 0 Å². The molecule has 0 aromatic heterocycles. The second-order valence-electron chi connectivity index (χ2n) is 4.84. The van der Waals surface area contributed by atoms with Gasteiger partial charge in [0, 0.05) is 17.8 Å². The molecule has 0 saturated heterocycles. The van der Waals surface area contributed by atoms with Gasteiger partial charge in [0.1, 0.15) is 0 Å². The van der Waals surface area contributed by atoms with Gasteiger partial charge in [-0.25, -0.2) is 0 Å². The highest BCUT2D eigenvalue weighted by Gasteiger charge is 2.17. The number of aliphatic hydroxyl groups excluding tert-OH is 1. The molecule has 1 unspecified atom stereocenters. The Morgan fingerprint density at radius 1 is 1.37 bits per heavy atom. The summed E-state index contributed by atoms with van der Waals surface area (Å²) in [5, 5.41) is 9.74. The first-order valence-corrected chi connectivity index (χ1v) is 7.01. The Morgan fingerprint density at radius 3 is 2.68 bits per heavy atom. The molecule has 0 saturated carbocycles. The number of hydrogen-bond donors (Lipinski definition) is 1. The van der Waals surface area contributed by atoms with Crippen molar-refractivity contribution in [3.8, 4) is 0 Å². The minimum absolute atomic E-state index is 0.0296. The van der Waals surface area contributed by atoms with Gasteiger partial charge in [-0.2, -0.15) is 0 Å². The molecule has 0 spiro atoms. The van der Waals surface area contributed by atoms with Crippen LogP contribution in [-0.4, -0.2) is 17.9 Å². The van der Waals surface area contributed by atoms with Crippen LogP contribution in [0.25, 0.3) is 0 Å². The molecule has 0 radical (unpaired) electrons. The molecule has 2 heteroatoms. The molecule has 0 aliphatic rings. The highest BCUT2D eigenvalue weighted by Crippen LogP contribution is 2.28. The zero-order chi connectivity index (χ0) is 14.3. The summed E-state index contributed by atoms with van der Waals surface area (Å²) < 4.78 is 0. The molecular formula is C17H25NO. The maximum absolute atomic E-state index is 9.74. The highest BCUT2D eigenvalue weighted by molar-refractivity contribution is 5.59. The SMILES string of the molecule is C/C=C(\N=CCCC)C(CO)c1cccc(C)c1C. The van der Waals surface area contributed by atoms with Gasteiger partial charge in [0.05, 0.1) is 6.61 Å². The van der Waals surface area contributed by atoms with Crippen molar-refractivity contribution < 1.29 is 5.11 Å². The van der Waals surface area contributed by atoms with Gasteiger partial charge in [-0.05, 0) is 43.9 Å². The average molecular weight is 259 g/mol. The van der Waals surface area contributed by atoms with E-state index < -0.39 is 0 Å². The van der Waals surface area contributed by atoms with Gasteiger partial charge in [0.25, 0.3) is 0 Å². The lowest BCUT2D eigenvalue weighted by molar-refractivity contribution is 0.278. The van der Waals surface area contributed by atoms with Crippen LogP contribution in [0.15, 0.2) is 35.0 Å². The molecule has 1 aromatic rings. The van der Waals surface area contributed by atoms with Crippen LogP contribution in [0, 0.1) is 13.8 Å². The molecule has 0 heterocycles. The Kier molecular flexibility index (Phi) is 6.51. The molecule has 1 rings (SSSR count). The molecule has 0 aliphatic heterocycles. The van der Waals surface area contributed by atoms with E-state index in [1.807, 2.05) is 25.3 Å². The van der Waals surface area contributed by atoms with E-state index in [1.54, 1.807) is 0 Å². The molecule has 0 bridgehead atoms. The lowest BCUT2D eigenvalue weighted by Gasteiger charge is -2.19. The lowest BCUT2D eigenvalue weighted by atomic mass is 9.90. The van der Waals surface area contributed by atoms with Crippen LogP contribution < -0.4 is 0 Å². The second kappa shape index (κ2) is 7.90. The first-order valence-electron chi connectivity index (χ1n) is 7.01. The summed E-state index contributed by atoms with van der Waals surface area (Å²) in [5.41, 5.74) is 4.62. The monoisotopic (exact) mass is 259 g/mol. The smallest absolute Gasteiger partial charge is 0.0555 e. The molecule has 1 aromatic carbocycles. The van der Waals surface area contributed by atoms with Gasteiger partial charge in [-0.1, -0.05) is 37.6 Å². The van der Waals surface area contributed by atoms with Crippen molar-refractivity contribution in [2.75, 3.05) is 6.61 Å². The van der Waals surface area contributed by atoms with Gasteiger partial charge in [0.15, 0.2) is 0 Å². The van der Waals surface area contributed by atoms with Crippen molar-refractivity contribution in [2.24, 2.45) is 4.99 Å². The summed E-state index contributed by atoms with van der Waals surface area (Å²) in [7, 11) is 0. The topological polar surface area (TPSA) is 32.6 Å². The number of benzene rings is 1. The summed E-state index contributed by atoms with van der Waals surface area (Å²) in [6.45, 7) is 8.41. The number of aliphatic hydroxyl groups is 1. The molecule has 0 amide bonds. The molecule has 19 heavy (non-hydrogen) atoms. The maximum Gasteiger partial charge on any atom is 0.0555 e. The first kappa shape index (κ1) is 15.6. The number of allylic oxidation sites excluding steroid dienone is 1. The van der Waals surface area contributed by atoms with Gasteiger partial charge < -0.3 is 5.11 Å². The molecule has 0 aliphatic carbocycles.